The van der Waals surface area contributed by atoms with Crippen molar-refractivity contribution in [2.75, 3.05) is 6.54 Å². The fourth-order valence-electron chi connectivity index (χ4n) is 2.37. The molecule has 1 saturated carbocycles. The Morgan fingerprint density at radius 1 is 1.44 bits per heavy atom. The lowest BCUT2D eigenvalue weighted by molar-refractivity contribution is -0.143. The van der Waals surface area contributed by atoms with Crippen LogP contribution in [0.4, 0.5) is 0 Å². The summed E-state index contributed by atoms with van der Waals surface area (Å²) in [5, 5.41) is 19.1. The fourth-order valence-corrected chi connectivity index (χ4v) is 2.37. The second kappa shape index (κ2) is 5.61. The average Bonchev–Trinajstić information content (AvgIpc) is 2.96. The molecule has 1 aromatic rings. The fraction of sp³-hybridized carbons (Fsp3) is 0.636. The van der Waals surface area contributed by atoms with E-state index in [1.54, 1.807) is 6.20 Å². The predicted octanol–water partition coefficient (Wildman–Crippen LogP) is -0.105. The van der Waals surface area contributed by atoms with Crippen LogP contribution in [0.1, 0.15) is 19.3 Å². The van der Waals surface area contributed by atoms with Crippen molar-refractivity contribution in [3.05, 3.63) is 12.4 Å². The molecule has 0 bridgehead atoms. The Bertz CT molecular complexity index is 418. The van der Waals surface area contributed by atoms with E-state index in [-0.39, 0.29) is 24.3 Å². The van der Waals surface area contributed by atoms with Crippen molar-refractivity contribution >= 4 is 11.9 Å². The van der Waals surface area contributed by atoms with Crippen molar-refractivity contribution in [3.8, 4) is 0 Å². The van der Waals surface area contributed by atoms with Crippen LogP contribution in [0, 0.1) is 11.8 Å². The van der Waals surface area contributed by atoms with Crippen LogP contribution in [0.3, 0.4) is 0 Å². The van der Waals surface area contributed by atoms with Crippen molar-refractivity contribution in [2.24, 2.45) is 11.8 Å². The van der Waals surface area contributed by atoms with Crippen molar-refractivity contribution in [1.29, 1.82) is 0 Å². The summed E-state index contributed by atoms with van der Waals surface area (Å²) in [4.78, 5) is 22.6. The zero-order valence-electron chi connectivity index (χ0n) is 9.95. The second-order valence-electron chi connectivity index (χ2n) is 4.54. The summed E-state index contributed by atoms with van der Waals surface area (Å²) in [6.07, 6.45) is 5.60. The number of carbonyl (C=O) groups is 2. The molecule has 7 nitrogen and oxygen atoms in total. The van der Waals surface area contributed by atoms with E-state index in [1.807, 2.05) is 0 Å². The number of nitrogens with zero attached hydrogens (tertiary/aromatic N) is 3. The quantitative estimate of drug-likeness (QED) is 0.762. The van der Waals surface area contributed by atoms with Crippen LogP contribution in [0.5, 0.6) is 0 Å². The van der Waals surface area contributed by atoms with Gasteiger partial charge in [0.15, 0.2) is 0 Å². The smallest absolute Gasteiger partial charge is 0.306 e. The Hall–Kier alpha value is -1.92. The molecule has 1 fully saturated rings. The maximum absolute atomic E-state index is 11.6. The van der Waals surface area contributed by atoms with Gasteiger partial charge in [-0.3, -0.25) is 9.59 Å². The minimum atomic E-state index is -0.761. The molecule has 98 valence electrons. The molecular weight excluding hydrogens is 236 g/mol. The number of carbonyl (C=O) groups excluding carboxylic acids is 1. The first kappa shape index (κ1) is 12.5. The number of nitrogens with one attached hydrogen (secondary N) is 1. The largest absolute Gasteiger partial charge is 0.481 e. The standard InChI is InChI=1S/C11H16N4O3/c16-10(7-15-5-4-13-14-15)12-6-8-2-1-3-9(8)11(17)18/h4-5,8-9H,1-3,6-7H2,(H,12,16)(H,17,18). The summed E-state index contributed by atoms with van der Waals surface area (Å²) < 4.78 is 1.43. The van der Waals surface area contributed by atoms with Gasteiger partial charge >= 0.3 is 5.97 Å². The van der Waals surface area contributed by atoms with Crippen LogP contribution in [0.2, 0.25) is 0 Å². The molecule has 0 radical (unpaired) electrons. The lowest BCUT2D eigenvalue weighted by atomic mass is 9.96. The Kier molecular flexibility index (Phi) is 3.91. The van der Waals surface area contributed by atoms with E-state index in [2.05, 4.69) is 15.6 Å². The Morgan fingerprint density at radius 2 is 2.28 bits per heavy atom. The molecule has 2 rings (SSSR count). The van der Waals surface area contributed by atoms with Gasteiger partial charge in [0.05, 0.1) is 12.1 Å². The topological polar surface area (TPSA) is 97.1 Å². The van der Waals surface area contributed by atoms with E-state index < -0.39 is 5.97 Å². The third-order valence-corrected chi connectivity index (χ3v) is 3.32. The van der Waals surface area contributed by atoms with Gasteiger partial charge < -0.3 is 10.4 Å². The molecule has 2 atom stereocenters. The van der Waals surface area contributed by atoms with Crippen molar-refractivity contribution < 1.29 is 14.7 Å². The lowest BCUT2D eigenvalue weighted by Gasteiger charge is -2.16. The highest BCUT2D eigenvalue weighted by molar-refractivity contribution is 5.76. The summed E-state index contributed by atoms with van der Waals surface area (Å²) >= 11 is 0. The maximum atomic E-state index is 11.6. The second-order valence-corrected chi connectivity index (χ2v) is 4.54. The van der Waals surface area contributed by atoms with E-state index in [1.165, 1.54) is 10.9 Å². The van der Waals surface area contributed by atoms with E-state index in [0.29, 0.717) is 13.0 Å². The molecule has 1 amide bonds. The molecule has 1 heterocycles. The van der Waals surface area contributed by atoms with Crippen LogP contribution in [0.15, 0.2) is 12.4 Å². The van der Waals surface area contributed by atoms with Gasteiger partial charge in [0.25, 0.3) is 0 Å². The van der Waals surface area contributed by atoms with E-state index in [9.17, 15) is 9.59 Å². The molecule has 0 aliphatic heterocycles. The molecule has 0 spiro atoms. The number of hydrogen-bond acceptors (Lipinski definition) is 4. The van der Waals surface area contributed by atoms with Crippen LogP contribution in [-0.2, 0) is 16.1 Å². The van der Waals surface area contributed by atoms with Gasteiger partial charge in [0.1, 0.15) is 6.54 Å². The van der Waals surface area contributed by atoms with Gasteiger partial charge in [-0.25, -0.2) is 4.68 Å². The summed E-state index contributed by atoms with van der Waals surface area (Å²) in [7, 11) is 0. The summed E-state index contributed by atoms with van der Waals surface area (Å²) in [6.45, 7) is 0.537. The first-order chi connectivity index (χ1) is 8.66. The number of aromatic nitrogens is 3. The molecular formula is C11H16N4O3. The summed E-state index contributed by atoms with van der Waals surface area (Å²) in [5.74, 6) is -1.21. The first-order valence-electron chi connectivity index (χ1n) is 6.00. The molecule has 0 aromatic carbocycles. The highest BCUT2D eigenvalue weighted by atomic mass is 16.4. The number of amides is 1. The third kappa shape index (κ3) is 3.06. The Labute approximate surface area is 104 Å². The van der Waals surface area contributed by atoms with Gasteiger partial charge in [-0.2, -0.15) is 0 Å². The number of carboxylic acid groups (broad SMARTS) is 1. The summed E-state index contributed by atoms with van der Waals surface area (Å²) in [6, 6.07) is 0. The zero-order chi connectivity index (χ0) is 13.0. The normalized spacial score (nSPS) is 22.9. The van der Waals surface area contributed by atoms with Gasteiger partial charge in [0, 0.05) is 12.7 Å². The summed E-state index contributed by atoms with van der Waals surface area (Å²) in [5.41, 5.74) is 0. The van der Waals surface area contributed by atoms with Crippen LogP contribution in [-0.4, -0.2) is 38.5 Å². The van der Waals surface area contributed by atoms with Crippen LogP contribution in [0.25, 0.3) is 0 Å². The highest BCUT2D eigenvalue weighted by Gasteiger charge is 2.32. The van der Waals surface area contributed by atoms with Gasteiger partial charge in [0.2, 0.25) is 5.91 Å². The molecule has 2 N–H and O–H groups in total. The molecule has 2 unspecified atom stereocenters. The molecule has 1 aromatic heterocycles. The maximum Gasteiger partial charge on any atom is 0.306 e. The average molecular weight is 252 g/mol. The zero-order valence-corrected chi connectivity index (χ0v) is 9.95. The Morgan fingerprint density at radius 3 is 2.94 bits per heavy atom. The van der Waals surface area contributed by atoms with E-state index in [4.69, 9.17) is 5.11 Å². The first-order valence-corrected chi connectivity index (χ1v) is 6.00. The molecule has 1 aliphatic rings. The lowest BCUT2D eigenvalue weighted by Crippen LogP contribution is -2.35. The Balaban J connectivity index is 1.77. The van der Waals surface area contributed by atoms with Gasteiger partial charge in [-0.1, -0.05) is 11.6 Å². The van der Waals surface area contributed by atoms with Gasteiger partial charge in [-0.15, -0.1) is 5.10 Å². The predicted molar refractivity (Wildman–Crippen MR) is 61.5 cm³/mol. The highest BCUT2D eigenvalue weighted by Crippen LogP contribution is 2.31. The SMILES string of the molecule is O=C(Cn1ccnn1)NCC1CCCC1C(=O)O. The number of hydrogen-bond donors (Lipinski definition) is 2. The third-order valence-electron chi connectivity index (χ3n) is 3.32. The van der Waals surface area contributed by atoms with Crippen LogP contribution >= 0.6 is 0 Å². The minimum absolute atomic E-state index is 0.0437. The van der Waals surface area contributed by atoms with Crippen LogP contribution < -0.4 is 5.32 Å². The monoisotopic (exact) mass is 252 g/mol. The molecule has 1 aliphatic carbocycles. The number of rotatable bonds is 5. The van der Waals surface area contributed by atoms with Crippen molar-refractivity contribution in [3.63, 3.8) is 0 Å². The molecule has 18 heavy (non-hydrogen) atoms. The number of carboxylic acids is 1. The number of aliphatic carboxylic acids is 1. The van der Waals surface area contributed by atoms with Crippen molar-refractivity contribution in [1.82, 2.24) is 20.3 Å². The molecule has 0 saturated heterocycles. The van der Waals surface area contributed by atoms with Gasteiger partial charge in [-0.05, 0) is 18.8 Å². The van der Waals surface area contributed by atoms with E-state index in [0.717, 1.165) is 12.8 Å². The minimum Gasteiger partial charge on any atom is -0.481 e. The molecule has 7 heteroatoms. The van der Waals surface area contributed by atoms with Crippen molar-refractivity contribution in [2.45, 2.75) is 25.8 Å². The van der Waals surface area contributed by atoms with E-state index >= 15 is 0 Å².